The van der Waals surface area contributed by atoms with Gasteiger partial charge in [0, 0.05) is 6.42 Å². The highest BCUT2D eigenvalue weighted by Crippen LogP contribution is 2.02. The van der Waals surface area contributed by atoms with Gasteiger partial charge in [-0.15, -0.1) is 0 Å². The van der Waals surface area contributed by atoms with Crippen LogP contribution in [0.3, 0.4) is 0 Å². The van der Waals surface area contributed by atoms with Gasteiger partial charge in [0.05, 0.1) is 0 Å². The molecule has 16 heavy (non-hydrogen) atoms. The third-order valence-corrected chi connectivity index (χ3v) is 1.92. The first kappa shape index (κ1) is 12.0. The van der Waals surface area contributed by atoms with Crippen molar-refractivity contribution in [3.63, 3.8) is 0 Å². The van der Waals surface area contributed by atoms with Crippen molar-refractivity contribution < 1.29 is 9.90 Å². The Balaban J connectivity index is 0.000000165. The van der Waals surface area contributed by atoms with Crippen LogP contribution in [-0.4, -0.2) is 11.4 Å². The number of rotatable bonds is 2. The fourth-order valence-electron chi connectivity index (χ4n) is 1.14. The zero-order chi connectivity index (χ0) is 11.6. The van der Waals surface area contributed by atoms with E-state index >= 15 is 0 Å². The van der Waals surface area contributed by atoms with Crippen LogP contribution in [0.1, 0.15) is 5.56 Å². The molecule has 0 aromatic heterocycles. The SMILES string of the molecule is O=CCc1ccccc1.Oc1ccccc1. The summed E-state index contributed by atoms with van der Waals surface area (Å²) in [6.07, 6.45) is 1.44. The molecule has 2 heteroatoms. The lowest BCUT2D eigenvalue weighted by Gasteiger charge is -1.89. The minimum absolute atomic E-state index is 0.322. The average Bonchev–Trinajstić information content (AvgIpc) is 2.33. The number of hydrogen-bond acceptors (Lipinski definition) is 2. The Labute approximate surface area is 95.2 Å². The number of carbonyl (C=O) groups is 1. The van der Waals surface area contributed by atoms with Gasteiger partial charge < -0.3 is 9.90 Å². The molecule has 0 aliphatic carbocycles. The smallest absolute Gasteiger partial charge is 0.124 e. The second-order valence-electron chi connectivity index (χ2n) is 3.19. The molecular formula is C14H14O2. The number of para-hydroxylation sites is 1. The molecule has 2 aromatic carbocycles. The number of phenolic OH excluding ortho intramolecular Hbond substituents is 1. The Bertz CT molecular complexity index is 396. The van der Waals surface area contributed by atoms with Gasteiger partial charge in [0.2, 0.25) is 0 Å². The second kappa shape index (κ2) is 7.23. The minimum atomic E-state index is 0.322. The predicted octanol–water partition coefficient (Wildman–Crippen LogP) is 2.82. The maximum atomic E-state index is 9.97. The molecule has 1 N–H and O–H groups in total. The van der Waals surface area contributed by atoms with Gasteiger partial charge in [-0.1, -0.05) is 48.5 Å². The fraction of sp³-hybridized carbons (Fsp3) is 0.0714. The van der Waals surface area contributed by atoms with Crippen molar-refractivity contribution in [2.45, 2.75) is 6.42 Å². The highest BCUT2D eigenvalue weighted by atomic mass is 16.3. The van der Waals surface area contributed by atoms with Gasteiger partial charge in [-0.2, -0.15) is 0 Å². The topological polar surface area (TPSA) is 37.3 Å². The quantitative estimate of drug-likeness (QED) is 0.780. The van der Waals surface area contributed by atoms with E-state index in [1.54, 1.807) is 24.3 Å². The molecule has 2 nitrogen and oxygen atoms in total. The number of aldehydes is 1. The van der Waals surface area contributed by atoms with Crippen molar-refractivity contribution >= 4 is 6.29 Å². The summed E-state index contributed by atoms with van der Waals surface area (Å²) < 4.78 is 0. The van der Waals surface area contributed by atoms with E-state index in [1.807, 2.05) is 36.4 Å². The van der Waals surface area contributed by atoms with E-state index in [2.05, 4.69) is 0 Å². The molecule has 0 radical (unpaired) electrons. The summed E-state index contributed by atoms with van der Waals surface area (Å²) in [6.45, 7) is 0. The van der Waals surface area contributed by atoms with Crippen LogP contribution < -0.4 is 0 Å². The van der Waals surface area contributed by atoms with Gasteiger partial charge in [-0.05, 0) is 17.7 Å². The highest BCUT2D eigenvalue weighted by Gasteiger charge is 1.84. The maximum absolute atomic E-state index is 9.97. The van der Waals surface area contributed by atoms with Crippen LogP contribution in [0.2, 0.25) is 0 Å². The third-order valence-electron chi connectivity index (χ3n) is 1.92. The summed E-state index contributed by atoms with van der Waals surface area (Å²) in [7, 11) is 0. The van der Waals surface area contributed by atoms with Gasteiger partial charge in [0.15, 0.2) is 0 Å². The lowest BCUT2D eigenvalue weighted by Crippen LogP contribution is -1.82. The van der Waals surface area contributed by atoms with Crippen molar-refractivity contribution in [2.24, 2.45) is 0 Å². The Morgan fingerprint density at radius 1 is 0.875 bits per heavy atom. The lowest BCUT2D eigenvalue weighted by atomic mass is 10.2. The first-order valence-electron chi connectivity index (χ1n) is 5.04. The van der Waals surface area contributed by atoms with Gasteiger partial charge in [0.1, 0.15) is 12.0 Å². The van der Waals surface area contributed by atoms with Crippen molar-refractivity contribution in [2.75, 3.05) is 0 Å². The van der Waals surface area contributed by atoms with E-state index in [9.17, 15) is 4.79 Å². The van der Waals surface area contributed by atoms with Crippen LogP contribution in [-0.2, 0) is 11.2 Å². The van der Waals surface area contributed by atoms with E-state index in [0.717, 1.165) is 11.8 Å². The molecule has 0 bridgehead atoms. The van der Waals surface area contributed by atoms with Gasteiger partial charge in [0.25, 0.3) is 0 Å². The number of benzene rings is 2. The van der Waals surface area contributed by atoms with Gasteiger partial charge >= 0.3 is 0 Å². The molecule has 0 saturated carbocycles. The van der Waals surface area contributed by atoms with E-state index < -0.39 is 0 Å². The number of aromatic hydroxyl groups is 1. The predicted molar refractivity (Wildman–Crippen MR) is 64.3 cm³/mol. The minimum Gasteiger partial charge on any atom is -0.508 e. The van der Waals surface area contributed by atoms with E-state index in [1.165, 1.54) is 0 Å². The summed E-state index contributed by atoms with van der Waals surface area (Å²) in [5.74, 6) is 0.322. The number of carbonyl (C=O) groups excluding carboxylic acids is 1. The van der Waals surface area contributed by atoms with Crippen molar-refractivity contribution in [1.29, 1.82) is 0 Å². The fourth-order valence-corrected chi connectivity index (χ4v) is 1.14. The third kappa shape index (κ3) is 4.96. The zero-order valence-corrected chi connectivity index (χ0v) is 8.91. The van der Waals surface area contributed by atoms with E-state index in [-0.39, 0.29) is 0 Å². The van der Waals surface area contributed by atoms with Crippen LogP contribution in [0.5, 0.6) is 5.75 Å². The summed E-state index contributed by atoms with van der Waals surface area (Å²) in [6, 6.07) is 18.4. The summed E-state index contributed by atoms with van der Waals surface area (Å²) in [5, 5.41) is 8.63. The first-order chi connectivity index (χ1) is 7.83. The molecule has 0 saturated heterocycles. The van der Waals surface area contributed by atoms with Gasteiger partial charge in [-0.3, -0.25) is 0 Å². The lowest BCUT2D eigenvalue weighted by molar-refractivity contribution is -0.107. The Hall–Kier alpha value is -2.09. The summed E-state index contributed by atoms with van der Waals surface area (Å²) >= 11 is 0. The molecule has 2 rings (SSSR count). The van der Waals surface area contributed by atoms with Crippen LogP contribution in [0.15, 0.2) is 60.7 Å². The van der Waals surface area contributed by atoms with Crippen molar-refractivity contribution in [3.8, 4) is 5.75 Å². The Morgan fingerprint density at radius 2 is 1.38 bits per heavy atom. The van der Waals surface area contributed by atoms with Gasteiger partial charge in [-0.25, -0.2) is 0 Å². The average molecular weight is 214 g/mol. The molecule has 0 fully saturated rings. The van der Waals surface area contributed by atoms with Crippen molar-refractivity contribution in [1.82, 2.24) is 0 Å². The summed E-state index contributed by atoms with van der Waals surface area (Å²) in [5.41, 5.74) is 1.08. The number of hydrogen-bond donors (Lipinski definition) is 1. The molecule has 0 aliphatic rings. The van der Waals surface area contributed by atoms with Crippen LogP contribution in [0.4, 0.5) is 0 Å². The molecular weight excluding hydrogens is 200 g/mol. The van der Waals surface area contributed by atoms with Crippen molar-refractivity contribution in [3.05, 3.63) is 66.2 Å². The Morgan fingerprint density at radius 3 is 1.75 bits per heavy atom. The van der Waals surface area contributed by atoms with E-state index in [4.69, 9.17) is 5.11 Å². The molecule has 0 heterocycles. The maximum Gasteiger partial charge on any atom is 0.124 e. The molecule has 0 amide bonds. The summed E-state index contributed by atoms with van der Waals surface area (Å²) in [4.78, 5) is 9.97. The number of phenols is 1. The van der Waals surface area contributed by atoms with Crippen LogP contribution in [0.25, 0.3) is 0 Å². The van der Waals surface area contributed by atoms with Crippen LogP contribution in [0, 0.1) is 0 Å². The standard InChI is InChI=1S/C8H8O.C6H6O/c9-7-6-8-4-2-1-3-5-8;7-6-4-2-1-3-5-6/h1-5,7H,6H2;1-5,7H. The van der Waals surface area contributed by atoms with Crippen LogP contribution >= 0.6 is 0 Å². The normalized spacial score (nSPS) is 8.75. The first-order valence-corrected chi connectivity index (χ1v) is 5.04. The second-order valence-corrected chi connectivity index (χ2v) is 3.19. The van der Waals surface area contributed by atoms with E-state index in [0.29, 0.717) is 12.2 Å². The molecule has 0 atom stereocenters. The molecule has 0 aliphatic heterocycles. The monoisotopic (exact) mass is 214 g/mol. The zero-order valence-electron chi connectivity index (χ0n) is 8.91. The molecule has 2 aromatic rings. The Kier molecular flexibility index (Phi) is 5.42. The molecule has 0 unspecified atom stereocenters. The highest BCUT2D eigenvalue weighted by molar-refractivity contribution is 5.54. The largest absolute Gasteiger partial charge is 0.508 e. The molecule has 82 valence electrons. The molecule has 0 spiro atoms.